The molecule has 9 heteroatoms. The maximum atomic E-state index is 12.8. The molecule has 1 N–H and O–H groups in total. The van der Waals surface area contributed by atoms with Crippen molar-refractivity contribution in [1.82, 2.24) is 19.5 Å². The lowest BCUT2D eigenvalue weighted by Crippen LogP contribution is -2.51. The highest BCUT2D eigenvalue weighted by atomic mass is 32.2. The molecule has 0 unspecified atom stereocenters. The van der Waals surface area contributed by atoms with Gasteiger partial charge >= 0.3 is 0 Å². The molecule has 3 fully saturated rings. The number of aliphatic imine (C=N–C) groups is 1. The van der Waals surface area contributed by atoms with E-state index in [1.165, 1.54) is 25.7 Å². The maximum Gasteiger partial charge on any atom is 0.215 e. The molecule has 2 saturated heterocycles. The highest BCUT2D eigenvalue weighted by Crippen LogP contribution is 2.47. The van der Waals surface area contributed by atoms with Gasteiger partial charge in [-0.15, -0.1) is 0 Å². The predicted molar refractivity (Wildman–Crippen MR) is 116 cm³/mol. The summed E-state index contributed by atoms with van der Waals surface area (Å²) < 4.78 is 27.2. The molecule has 0 bridgehead atoms. The first-order valence-corrected chi connectivity index (χ1v) is 12.2. The molecule has 3 heterocycles. The van der Waals surface area contributed by atoms with E-state index in [0.717, 1.165) is 24.9 Å². The van der Waals surface area contributed by atoms with Gasteiger partial charge in [0.1, 0.15) is 5.82 Å². The van der Waals surface area contributed by atoms with Gasteiger partial charge in [0.25, 0.3) is 0 Å². The van der Waals surface area contributed by atoms with Gasteiger partial charge in [-0.05, 0) is 36.8 Å². The van der Waals surface area contributed by atoms with Gasteiger partial charge in [-0.3, -0.25) is 4.99 Å². The number of likely N-dealkylation sites (tertiary alicyclic amines) is 1. The van der Waals surface area contributed by atoms with Crippen molar-refractivity contribution in [1.29, 1.82) is 0 Å². The number of pyridine rings is 1. The number of guanidine groups is 1. The second kappa shape index (κ2) is 8.47. The van der Waals surface area contributed by atoms with Gasteiger partial charge in [-0.25, -0.2) is 13.4 Å². The lowest BCUT2D eigenvalue weighted by molar-refractivity contribution is 0.151. The van der Waals surface area contributed by atoms with Gasteiger partial charge in [-0.1, -0.05) is 12.5 Å². The Labute approximate surface area is 174 Å². The van der Waals surface area contributed by atoms with Gasteiger partial charge in [0.2, 0.25) is 10.0 Å². The van der Waals surface area contributed by atoms with Crippen LogP contribution in [0.25, 0.3) is 0 Å². The van der Waals surface area contributed by atoms with Crippen LogP contribution >= 0.6 is 0 Å². The molecule has 2 aliphatic heterocycles. The molecular weight excluding hydrogens is 388 g/mol. The Balaban J connectivity index is 1.24. The van der Waals surface area contributed by atoms with Crippen molar-refractivity contribution >= 4 is 21.8 Å². The van der Waals surface area contributed by atoms with E-state index in [2.05, 4.69) is 25.1 Å². The summed E-state index contributed by atoms with van der Waals surface area (Å²) >= 11 is 0. The van der Waals surface area contributed by atoms with Crippen molar-refractivity contribution in [3.05, 3.63) is 24.4 Å². The fourth-order valence-corrected chi connectivity index (χ4v) is 6.03. The zero-order valence-corrected chi connectivity index (χ0v) is 18.1. The number of hydrogen-bond acceptors (Lipinski definition) is 5. The van der Waals surface area contributed by atoms with Crippen LogP contribution in [0.3, 0.4) is 0 Å². The first kappa shape index (κ1) is 20.4. The van der Waals surface area contributed by atoms with Crippen molar-refractivity contribution < 1.29 is 8.42 Å². The molecule has 3 aliphatic rings. The molecule has 4 rings (SSSR count). The van der Waals surface area contributed by atoms with Crippen molar-refractivity contribution in [2.24, 2.45) is 10.4 Å². The third-order valence-corrected chi connectivity index (χ3v) is 8.48. The minimum atomic E-state index is -3.28. The van der Waals surface area contributed by atoms with Gasteiger partial charge in [0, 0.05) is 59.1 Å². The number of anilines is 1. The summed E-state index contributed by atoms with van der Waals surface area (Å²) in [5, 5.41) is 3.28. The largest absolute Gasteiger partial charge is 0.355 e. The van der Waals surface area contributed by atoms with E-state index in [9.17, 15) is 8.42 Å². The summed E-state index contributed by atoms with van der Waals surface area (Å²) in [6.45, 7) is 4.79. The second-order valence-electron chi connectivity index (χ2n) is 8.39. The van der Waals surface area contributed by atoms with Crippen LogP contribution in [0, 0.1) is 5.41 Å². The molecular formula is C20H32N6O2S. The number of sulfonamides is 1. The van der Waals surface area contributed by atoms with Crippen LogP contribution in [0.5, 0.6) is 0 Å². The minimum absolute atomic E-state index is 0.0919. The Morgan fingerprint density at radius 3 is 2.55 bits per heavy atom. The third kappa shape index (κ3) is 4.50. The zero-order chi connectivity index (χ0) is 20.3. The molecule has 1 aliphatic carbocycles. The molecule has 0 aromatic carbocycles. The molecule has 0 atom stereocenters. The van der Waals surface area contributed by atoms with Crippen molar-refractivity contribution in [2.45, 2.75) is 25.7 Å². The van der Waals surface area contributed by atoms with Crippen LogP contribution in [0.4, 0.5) is 5.82 Å². The molecule has 1 aromatic rings. The molecule has 1 aromatic heterocycles. The number of aromatic nitrogens is 1. The number of piperazine rings is 1. The molecule has 0 radical (unpaired) electrons. The van der Waals surface area contributed by atoms with Gasteiger partial charge in [0.15, 0.2) is 5.96 Å². The molecule has 160 valence electrons. The van der Waals surface area contributed by atoms with Gasteiger partial charge < -0.3 is 15.1 Å². The van der Waals surface area contributed by atoms with E-state index >= 15 is 0 Å². The van der Waals surface area contributed by atoms with Gasteiger partial charge in [-0.2, -0.15) is 4.31 Å². The quantitative estimate of drug-likeness (QED) is 0.565. The second-order valence-corrected chi connectivity index (χ2v) is 10.5. The summed E-state index contributed by atoms with van der Waals surface area (Å²) in [5.74, 6) is 1.84. The topological polar surface area (TPSA) is 81.1 Å². The van der Waals surface area contributed by atoms with Crippen LogP contribution in [0.2, 0.25) is 0 Å². The minimum Gasteiger partial charge on any atom is -0.355 e. The number of rotatable bonds is 5. The van der Waals surface area contributed by atoms with E-state index < -0.39 is 10.0 Å². The zero-order valence-electron chi connectivity index (χ0n) is 17.3. The monoisotopic (exact) mass is 420 g/mol. The number of nitrogens with zero attached hydrogens (tertiary/aromatic N) is 5. The molecule has 1 spiro atoms. The average molecular weight is 421 g/mol. The van der Waals surface area contributed by atoms with E-state index in [-0.39, 0.29) is 5.75 Å². The van der Waals surface area contributed by atoms with Crippen LogP contribution < -0.4 is 10.2 Å². The lowest BCUT2D eigenvalue weighted by atomic mass is 9.68. The van der Waals surface area contributed by atoms with Crippen LogP contribution in [-0.2, 0) is 10.0 Å². The first-order valence-electron chi connectivity index (χ1n) is 10.6. The third-order valence-electron chi connectivity index (χ3n) is 6.61. The van der Waals surface area contributed by atoms with E-state index in [1.54, 1.807) is 17.5 Å². The molecule has 8 nitrogen and oxygen atoms in total. The SMILES string of the molecule is CN=C(NCCS(=O)(=O)N1CCN(c2ccccn2)CC1)N1CCC2(CCC2)C1. The van der Waals surface area contributed by atoms with Crippen LogP contribution in [0.1, 0.15) is 25.7 Å². The Hall–Kier alpha value is -1.87. The normalized spacial score (nSPS) is 22.7. The lowest BCUT2D eigenvalue weighted by Gasteiger charge is -2.38. The van der Waals surface area contributed by atoms with E-state index in [1.807, 2.05) is 18.2 Å². The smallest absolute Gasteiger partial charge is 0.215 e. The molecule has 1 saturated carbocycles. The average Bonchev–Trinajstić information content (AvgIpc) is 3.18. The van der Waals surface area contributed by atoms with Crippen LogP contribution in [-0.4, -0.2) is 87.2 Å². The van der Waals surface area contributed by atoms with Crippen LogP contribution in [0.15, 0.2) is 29.4 Å². The Kier molecular flexibility index (Phi) is 5.96. The first-order chi connectivity index (χ1) is 14.0. The number of nitrogens with one attached hydrogen (secondary N) is 1. The Bertz CT molecular complexity index is 817. The van der Waals surface area contributed by atoms with Gasteiger partial charge in [0.05, 0.1) is 5.75 Å². The summed E-state index contributed by atoms with van der Waals surface area (Å²) in [6, 6.07) is 5.81. The molecule has 29 heavy (non-hydrogen) atoms. The number of hydrogen-bond donors (Lipinski definition) is 1. The van der Waals surface area contributed by atoms with Crippen molar-refractivity contribution in [3.8, 4) is 0 Å². The Morgan fingerprint density at radius 2 is 1.97 bits per heavy atom. The summed E-state index contributed by atoms with van der Waals surface area (Å²) in [5.41, 5.74) is 0.497. The van der Waals surface area contributed by atoms with E-state index in [0.29, 0.717) is 38.1 Å². The fourth-order valence-electron chi connectivity index (χ4n) is 4.69. The standard InChI is InChI=1S/C20H32N6O2S/c1-21-19(25-11-8-20(17-25)6-4-7-20)23-10-16-29(27,28)26-14-12-24(13-15-26)18-5-2-3-9-22-18/h2-3,5,9H,4,6-8,10-17H2,1H3,(H,21,23). The maximum absolute atomic E-state index is 12.8. The fraction of sp³-hybridized carbons (Fsp3) is 0.700. The van der Waals surface area contributed by atoms with Crippen molar-refractivity contribution in [2.75, 3.05) is 63.5 Å². The Morgan fingerprint density at radius 1 is 1.17 bits per heavy atom. The summed E-state index contributed by atoms with van der Waals surface area (Å²) in [6.07, 6.45) is 6.97. The summed E-state index contributed by atoms with van der Waals surface area (Å²) in [4.78, 5) is 13.2. The van der Waals surface area contributed by atoms with Crippen molar-refractivity contribution in [3.63, 3.8) is 0 Å². The summed E-state index contributed by atoms with van der Waals surface area (Å²) in [7, 11) is -1.51. The van der Waals surface area contributed by atoms with E-state index in [4.69, 9.17) is 0 Å². The highest BCUT2D eigenvalue weighted by molar-refractivity contribution is 7.89. The predicted octanol–water partition coefficient (Wildman–Crippen LogP) is 0.985. The molecule has 0 amide bonds. The highest BCUT2D eigenvalue weighted by Gasteiger charge is 2.43.